The number of phosphoric acid groups is 2. The third-order valence-corrected chi connectivity index (χ3v) is 18.1. The van der Waals surface area contributed by atoms with Gasteiger partial charge < -0.3 is 33.8 Å². The second kappa shape index (κ2) is 70.0. The number of rotatable bonds is 72. The summed E-state index contributed by atoms with van der Waals surface area (Å²) in [7, 11) is -9.94. The number of carbonyl (C=O) groups excluding carboxylic acids is 4. The van der Waals surface area contributed by atoms with Crippen molar-refractivity contribution in [3.8, 4) is 0 Å². The predicted molar refractivity (Wildman–Crippen MR) is 390 cm³/mol. The number of aliphatic hydroxyl groups excluding tert-OH is 1. The summed E-state index contributed by atoms with van der Waals surface area (Å²) in [6.45, 7) is 4.72. The smallest absolute Gasteiger partial charge is 0.462 e. The molecule has 0 aliphatic rings. The first kappa shape index (κ1) is 92.5. The van der Waals surface area contributed by atoms with E-state index in [9.17, 15) is 43.2 Å². The zero-order valence-corrected chi connectivity index (χ0v) is 62.6. The molecular weight excluding hydrogens is 1260 g/mol. The quantitative estimate of drug-likeness (QED) is 0.0169. The summed E-state index contributed by atoms with van der Waals surface area (Å²) >= 11 is 0. The van der Waals surface area contributed by atoms with Crippen LogP contribution < -0.4 is 0 Å². The number of hydrogen-bond donors (Lipinski definition) is 3. The standard InChI is InChI=1S/C77H138O17P2/c1-5-9-13-17-21-25-29-33-34-35-36-40-42-46-50-54-58-62-75(80)88-68-73(94-77(82)64-60-56-52-48-44-39-32-28-24-20-16-12-8-4)70-92-96(85,86)90-66-71(78)65-89-95(83,84)91-69-72(93-76(81)63-59-55-51-47-43-38-31-27-23-19-15-11-7-3)67-87-74(79)61-57-53-49-45-41-37-30-26-22-18-14-10-6-2/h9,13,21,25-27,30-31,33-34,36,40,71-73,78H,5-8,10-12,14-20,22-24,28-29,32,35,37-39,41-70H2,1-4H3,(H,83,84)(H,85,86)/b13-9-,25-21-,30-26-,31-27-,34-33-,40-36-. The van der Waals surface area contributed by atoms with E-state index in [-0.39, 0.29) is 25.7 Å². The molecule has 19 heteroatoms. The molecule has 96 heavy (non-hydrogen) atoms. The maximum absolute atomic E-state index is 13.1. The Kier molecular flexibility index (Phi) is 67.4. The van der Waals surface area contributed by atoms with E-state index in [0.717, 1.165) is 154 Å². The summed E-state index contributed by atoms with van der Waals surface area (Å²) in [5.41, 5.74) is 0. The predicted octanol–water partition coefficient (Wildman–Crippen LogP) is 21.7. The molecule has 0 aromatic heterocycles. The molecular formula is C77H138O17P2. The largest absolute Gasteiger partial charge is 0.472 e. The van der Waals surface area contributed by atoms with Gasteiger partial charge in [0.15, 0.2) is 12.2 Å². The second-order valence-corrected chi connectivity index (χ2v) is 28.5. The van der Waals surface area contributed by atoms with Crippen molar-refractivity contribution in [3.63, 3.8) is 0 Å². The van der Waals surface area contributed by atoms with E-state index in [1.807, 2.05) is 0 Å². The lowest BCUT2D eigenvalue weighted by Crippen LogP contribution is -2.30. The van der Waals surface area contributed by atoms with Crippen molar-refractivity contribution in [1.82, 2.24) is 0 Å². The zero-order chi connectivity index (χ0) is 70.4. The minimum absolute atomic E-state index is 0.0862. The molecule has 0 amide bonds. The lowest BCUT2D eigenvalue weighted by atomic mass is 10.0. The molecule has 0 saturated carbocycles. The van der Waals surface area contributed by atoms with Gasteiger partial charge in [0.05, 0.1) is 26.4 Å². The number of aliphatic hydroxyl groups is 1. The summed E-state index contributed by atoms with van der Waals surface area (Å²) in [6, 6.07) is 0. The SMILES string of the molecule is CC/C=C\C/C=C\C/C=C\C/C=C\CCCCCCC(=O)OCC(COP(=O)(O)OCC(O)COP(=O)(O)OCC(COC(=O)CCCCCCC/C=C\CCCCCC)OC(=O)CCCCCCC/C=C\CCCCCC)OC(=O)CCCCCCCCCCCCCCC. The van der Waals surface area contributed by atoms with Crippen LogP contribution >= 0.6 is 15.6 Å². The Balaban J connectivity index is 5.34. The highest BCUT2D eigenvalue weighted by Gasteiger charge is 2.30. The van der Waals surface area contributed by atoms with Gasteiger partial charge in [-0.15, -0.1) is 0 Å². The first-order valence-electron chi connectivity index (χ1n) is 38.2. The number of carbonyl (C=O) groups is 4. The Hall–Kier alpha value is -3.50. The lowest BCUT2D eigenvalue weighted by Gasteiger charge is -2.21. The maximum atomic E-state index is 13.1. The van der Waals surface area contributed by atoms with Crippen LogP contribution in [0.15, 0.2) is 72.9 Å². The fraction of sp³-hybridized carbons (Fsp3) is 0.792. The van der Waals surface area contributed by atoms with Gasteiger partial charge in [-0.1, -0.05) is 268 Å². The second-order valence-electron chi connectivity index (χ2n) is 25.6. The number of esters is 4. The van der Waals surface area contributed by atoms with Crippen molar-refractivity contribution < 1.29 is 80.2 Å². The average molecular weight is 1400 g/mol. The Morgan fingerprint density at radius 1 is 0.302 bits per heavy atom. The highest BCUT2D eigenvalue weighted by molar-refractivity contribution is 7.47. The first-order valence-corrected chi connectivity index (χ1v) is 41.2. The summed E-state index contributed by atoms with van der Waals surface area (Å²) in [5.74, 6) is -2.20. The van der Waals surface area contributed by atoms with E-state index >= 15 is 0 Å². The number of allylic oxidation sites excluding steroid dienone is 12. The van der Waals surface area contributed by atoms with E-state index in [1.54, 1.807) is 0 Å². The summed E-state index contributed by atoms with van der Waals surface area (Å²) in [6.07, 6.45) is 68.9. The Morgan fingerprint density at radius 2 is 0.542 bits per heavy atom. The molecule has 0 bridgehead atoms. The third kappa shape index (κ3) is 69.0. The first-order chi connectivity index (χ1) is 46.7. The average Bonchev–Trinajstić information content (AvgIpc) is 3.12. The van der Waals surface area contributed by atoms with Gasteiger partial charge in [0, 0.05) is 25.7 Å². The minimum Gasteiger partial charge on any atom is -0.462 e. The van der Waals surface area contributed by atoms with E-state index in [0.29, 0.717) is 25.7 Å². The van der Waals surface area contributed by atoms with Crippen LogP contribution in [0, 0.1) is 0 Å². The van der Waals surface area contributed by atoms with Crippen molar-refractivity contribution >= 4 is 39.5 Å². The number of phosphoric ester groups is 2. The van der Waals surface area contributed by atoms with E-state index in [4.69, 9.17) is 37.0 Å². The van der Waals surface area contributed by atoms with Gasteiger partial charge >= 0.3 is 39.5 Å². The highest BCUT2D eigenvalue weighted by Crippen LogP contribution is 2.45. The van der Waals surface area contributed by atoms with Crippen LogP contribution in [0.5, 0.6) is 0 Å². The molecule has 5 unspecified atom stereocenters. The molecule has 5 atom stereocenters. The van der Waals surface area contributed by atoms with Gasteiger partial charge in [-0.2, -0.15) is 0 Å². The van der Waals surface area contributed by atoms with Crippen molar-refractivity contribution in [2.45, 2.75) is 354 Å². The molecule has 0 aliphatic carbocycles. The molecule has 17 nitrogen and oxygen atoms in total. The van der Waals surface area contributed by atoms with Crippen molar-refractivity contribution in [3.05, 3.63) is 72.9 Å². The fourth-order valence-electron chi connectivity index (χ4n) is 10.3. The molecule has 0 heterocycles. The van der Waals surface area contributed by atoms with E-state index in [2.05, 4.69) is 101 Å². The Labute approximate surface area is 583 Å². The third-order valence-electron chi connectivity index (χ3n) is 16.2. The molecule has 558 valence electrons. The van der Waals surface area contributed by atoms with Crippen LogP contribution in [0.4, 0.5) is 0 Å². The topological polar surface area (TPSA) is 237 Å². The molecule has 0 rings (SSSR count). The number of hydrogen-bond acceptors (Lipinski definition) is 15. The van der Waals surface area contributed by atoms with Crippen molar-refractivity contribution in [1.29, 1.82) is 0 Å². The van der Waals surface area contributed by atoms with Crippen LogP contribution in [-0.2, 0) is 65.4 Å². The molecule has 0 aliphatic heterocycles. The van der Waals surface area contributed by atoms with Crippen molar-refractivity contribution in [2.24, 2.45) is 0 Å². The molecule has 0 spiro atoms. The van der Waals surface area contributed by atoms with Crippen LogP contribution in [-0.4, -0.2) is 96.7 Å². The van der Waals surface area contributed by atoms with Gasteiger partial charge in [-0.25, -0.2) is 9.13 Å². The summed E-state index contributed by atoms with van der Waals surface area (Å²) < 4.78 is 68.4. The van der Waals surface area contributed by atoms with Gasteiger partial charge in [-0.05, 0) is 116 Å². The lowest BCUT2D eigenvalue weighted by molar-refractivity contribution is -0.161. The van der Waals surface area contributed by atoms with Crippen LogP contribution in [0.1, 0.15) is 336 Å². The molecule has 0 saturated heterocycles. The van der Waals surface area contributed by atoms with Crippen LogP contribution in [0.3, 0.4) is 0 Å². The van der Waals surface area contributed by atoms with Gasteiger partial charge in [0.2, 0.25) is 0 Å². The molecule has 0 aromatic rings. The fourth-order valence-corrected chi connectivity index (χ4v) is 11.9. The van der Waals surface area contributed by atoms with Crippen molar-refractivity contribution in [2.75, 3.05) is 39.6 Å². The zero-order valence-electron chi connectivity index (χ0n) is 60.8. The monoisotopic (exact) mass is 1400 g/mol. The van der Waals surface area contributed by atoms with Gasteiger partial charge in [0.1, 0.15) is 19.3 Å². The van der Waals surface area contributed by atoms with Gasteiger partial charge in [-0.3, -0.25) is 37.3 Å². The molecule has 0 radical (unpaired) electrons. The number of ether oxygens (including phenoxy) is 4. The molecule has 3 N–H and O–H groups in total. The van der Waals surface area contributed by atoms with Crippen LogP contribution in [0.25, 0.3) is 0 Å². The maximum Gasteiger partial charge on any atom is 0.472 e. The number of unbranched alkanes of at least 4 members (excludes halogenated alkanes) is 34. The van der Waals surface area contributed by atoms with Gasteiger partial charge in [0.25, 0.3) is 0 Å². The summed E-state index contributed by atoms with van der Waals surface area (Å²) in [4.78, 5) is 72.8. The Morgan fingerprint density at radius 3 is 0.854 bits per heavy atom. The Bertz CT molecular complexity index is 2110. The summed E-state index contributed by atoms with van der Waals surface area (Å²) in [5, 5.41) is 10.6. The molecule has 0 aromatic carbocycles. The minimum atomic E-state index is -4.97. The van der Waals surface area contributed by atoms with E-state index < -0.39 is 97.5 Å². The normalized spacial score (nSPS) is 14.4. The van der Waals surface area contributed by atoms with E-state index in [1.165, 1.54) is 103 Å². The molecule has 0 fully saturated rings. The van der Waals surface area contributed by atoms with Crippen LogP contribution in [0.2, 0.25) is 0 Å². The highest BCUT2D eigenvalue weighted by atomic mass is 31.2.